The van der Waals surface area contributed by atoms with Crippen LogP contribution >= 0.6 is 24.0 Å². The summed E-state index contributed by atoms with van der Waals surface area (Å²) in [6, 6.07) is 2.01. The summed E-state index contributed by atoms with van der Waals surface area (Å²) in [5.74, 6) is 1.85. The quantitative estimate of drug-likeness (QED) is 0.358. The van der Waals surface area contributed by atoms with E-state index in [1.807, 2.05) is 13.0 Å². The number of aliphatic imine (C=N–C) groups is 1. The van der Waals surface area contributed by atoms with Crippen LogP contribution in [0.4, 0.5) is 0 Å². The molecule has 2 aliphatic heterocycles. The summed E-state index contributed by atoms with van der Waals surface area (Å²) in [5, 5.41) is 7.55. The van der Waals surface area contributed by atoms with E-state index in [2.05, 4.69) is 27.2 Å². The molecule has 2 fully saturated rings. The molecule has 3 rings (SSSR count). The van der Waals surface area contributed by atoms with Crippen LogP contribution in [0.3, 0.4) is 0 Å². The van der Waals surface area contributed by atoms with Gasteiger partial charge in [-0.15, -0.1) is 24.0 Å². The molecular formula is C19H34IN5O3. The van der Waals surface area contributed by atoms with Gasteiger partial charge in [-0.3, -0.25) is 9.89 Å². The zero-order valence-electron chi connectivity index (χ0n) is 17.3. The molecule has 0 radical (unpaired) electrons. The topological polar surface area (TPSA) is 75.4 Å². The number of nitrogens with zero attached hydrogens (tertiary/aromatic N) is 4. The minimum absolute atomic E-state index is 0. The van der Waals surface area contributed by atoms with E-state index in [0.717, 1.165) is 82.7 Å². The minimum atomic E-state index is -0.189. The number of ether oxygens (including phenoxy) is 2. The minimum Gasteiger partial charge on any atom is -0.381 e. The molecule has 160 valence electrons. The van der Waals surface area contributed by atoms with Gasteiger partial charge in [0.2, 0.25) is 0 Å². The van der Waals surface area contributed by atoms with Gasteiger partial charge < -0.3 is 24.2 Å². The molecule has 0 spiro atoms. The first kappa shape index (κ1) is 23.4. The fourth-order valence-corrected chi connectivity index (χ4v) is 3.65. The molecular weight excluding hydrogens is 473 g/mol. The number of halogens is 1. The van der Waals surface area contributed by atoms with Crippen molar-refractivity contribution in [1.82, 2.24) is 20.3 Å². The van der Waals surface area contributed by atoms with E-state index < -0.39 is 0 Å². The van der Waals surface area contributed by atoms with Crippen LogP contribution in [0.2, 0.25) is 0 Å². The molecule has 0 aliphatic carbocycles. The Morgan fingerprint density at radius 2 is 2.00 bits per heavy atom. The second kappa shape index (κ2) is 11.3. The Hall–Kier alpha value is -0.910. The maximum absolute atomic E-state index is 5.82. The second-order valence-corrected chi connectivity index (χ2v) is 7.36. The van der Waals surface area contributed by atoms with Crippen molar-refractivity contribution in [1.29, 1.82) is 0 Å². The van der Waals surface area contributed by atoms with E-state index in [4.69, 9.17) is 19.0 Å². The molecule has 0 unspecified atom stereocenters. The van der Waals surface area contributed by atoms with Crippen molar-refractivity contribution in [3.63, 3.8) is 0 Å². The van der Waals surface area contributed by atoms with Gasteiger partial charge >= 0.3 is 0 Å². The van der Waals surface area contributed by atoms with Gasteiger partial charge in [-0.1, -0.05) is 5.16 Å². The normalized spacial score (nSPS) is 20.7. The molecule has 0 atom stereocenters. The molecule has 0 amide bonds. The van der Waals surface area contributed by atoms with Gasteiger partial charge in [0.25, 0.3) is 0 Å². The summed E-state index contributed by atoms with van der Waals surface area (Å²) < 4.78 is 16.5. The molecule has 1 aromatic rings. The number of methoxy groups -OCH3 is 1. The van der Waals surface area contributed by atoms with Crippen molar-refractivity contribution in [3.8, 4) is 0 Å². The molecule has 2 saturated heterocycles. The first-order chi connectivity index (χ1) is 13.1. The number of nitrogens with one attached hydrogen (secondary N) is 1. The van der Waals surface area contributed by atoms with Gasteiger partial charge in [-0.25, -0.2) is 0 Å². The predicted molar refractivity (Wildman–Crippen MR) is 119 cm³/mol. The maximum Gasteiger partial charge on any atom is 0.194 e. The van der Waals surface area contributed by atoms with Crippen molar-refractivity contribution < 1.29 is 14.0 Å². The number of piperazine rings is 1. The van der Waals surface area contributed by atoms with Gasteiger partial charge in [0.05, 0.1) is 17.8 Å². The van der Waals surface area contributed by atoms with Gasteiger partial charge in [-0.2, -0.15) is 0 Å². The summed E-state index contributed by atoms with van der Waals surface area (Å²) in [4.78, 5) is 9.67. The number of rotatable bonds is 6. The van der Waals surface area contributed by atoms with E-state index >= 15 is 0 Å². The van der Waals surface area contributed by atoms with Gasteiger partial charge in [-0.05, 0) is 13.8 Å². The Bertz CT molecular complexity index is 610. The van der Waals surface area contributed by atoms with E-state index in [9.17, 15) is 0 Å². The number of hydrogen-bond donors (Lipinski definition) is 1. The summed E-state index contributed by atoms with van der Waals surface area (Å²) in [5.41, 5.74) is 0.814. The van der Waals surface area contributed by atoms with Crippen molar-refractivity contribution >= 4 is 29.9 Å². The lowest BCUT2D eigenvalue weighted by molar-refractivity contribution is -0.0829. The average molecular weight is 507 g/mol. The van der Waals surface area contributed by atoms with Crippen LogP contribution in [0.1, 0.15) is 31.2 Å². The third-order valence-electron chi connectivity index (χ3n) is 5.42. The maximum atomic E-state index is 5.82. The third kappa shape index (κ3) is 6.30. The molecule has 0 saturated carbocycles. The summed E-state index contributed by atoms with van der Waals surface area (Å²) in [6.45, 7) is 11.8. The van der Waals surface area contributed by atoms with Crippen LogP contribution in [0.25, 0.3) is 0 Å². The molecule has 2 aliphatic rings. The smallest absolute Gasteiger partial charge is 0.194 e. The Labute approximate surface area is 185 Å². The SMILES string of the molecule is CCNC(=NCC1(OC)CCOCC1)N1CCN(Cc2cc(C)on2)CC1.I. The van der Waals surface area contributed by atoms with Crippen LogP contribution < -0.4 is 5.32 Å². The van der Waals surface area contributed by atoms with Gasteiger partial charge in [0, 0.05) is 78.5 Å². The van der Waals surface area contributed by atoms with Crippen molar-refractivity contribution in [2.75, 3.05) is 59.6 Å². The molecule has 0 aromatic carbocycles. The van der Waals surface area contributed by atoms with Crippen molar-refractivity contribution in [2.45, 2.75) is 38.8 Å². The number of hydrogen-bond acceptors (Lipinski definition) is 6. The van der Waals surface area contributed by atoms with Crippen molar-refractivity contribution in [3.05, 3.63) is 17.5 Å². The highest BCUT2D eigenvalue weighted by Gasteiger charge is 2.33. The Kier molecular flexibility index (Phi) is 9.45. The third-order valence-corrected chi connectivity index (χ3v) is 5.42. The lowest BCUT2D eigenvalue weighted by Gasteiger charge is -2.38. The van der Waals surface area contributed by atoms with Crippen LogP contribution in [-0.2, 0) is 16.0 Å². The highest BCUT2D eigenvalue weighted by Crippen LogP contribution is 2.25. The van der Waals surface area contributed by atoms with E-state index in [1.165, 1.54) is 0 Å². The first-order valence-electron chi connectivity index (χ1n) is 9.95. The van der Waals surface area contributed by atoms with E-state index in [1.54, 1.807) is 7.11 Å². The summed E-state index contributed by atoms with van der Waals surface area (Å²) in [6.07, 6.45) is 1.80. The second-order valence-electron chi connectivity index (χ2n) is 7.36. The Balaban J connectivity index is 0.00000280. The Morgan fingerprint density at radius 1 is 1.29 bits per heavy atom. The van der Waals surface area contributed by atoms with Crippen LogP contribution in [0, 0.1) is 6.92 Å². The summed E-state index contributed by atoms with van der Waals surface area (Å²) >= 11 is 0. The predicted octanol–water partition coefficient (Wildman–Crippen LogP) is 1.88. The van der Waals surface area contributed by atoms with Crippen LogP contribution in [0.15, 0.2) is 15.6 Å². The average Bonchev–Trinajstić information content (AvgIpc) is 3.11. The standard InChI is InChI=1S/C19H33N5O3.HI/c1-4-20-18(21-15-19(25-3)5-11-26-12-6-19)24-9-7-23(8-10-24)14-17-13-16(2)27-22-17;/h13H,4-12,14-15H2,1-3H3,(H,20,21);1H. The molecule has 0 bridgehead atoms. The van der Waals surface area contributed by atoms with E-state index in [-0.39, 0.29) is 29.6 Å². The van der Waals surface area contributed by atoms with E-state index in [0.29, 0.717) is 6.54 Å². The van der Waals surface area contributed by atoms with Gasteiger partial charge in [0.1, 0.15) is 5.76 Å². The number of aryl methyl sites for hydroxylation is 1. The zero-order chi connectivity index (χ0) is 19.1. The van der Waals surface area contributed by atoms with Crippen molar-refractivity contribution in [2.24, 2.45) is 4.99 Å². The Morgan fingerprint density at radius 3 is 2.57 bits per heavy atom. The summed E-state index contributed by atoms with van der Waals surface area (Å²) in [7, 11) is 1.79. The molecule has 3 heterocycles. The van der Waals surface area contributed by atoms with Crippen LogP contribution in [0.5, 0.6) is 0 Å². The van der Waals surface area contributed by atoms with Crippen LogP contribution in [-0.4, -0.2) is 86.1 Å². The molecule has 1 N–H and O–H groups in total. The molecule has 8 nitrogen and oxygen atoms in total. The highest BCUT2D eigenvalue weighted by molar-refractivity contribution is 14.0. The highest BCUT2D eigenvalue weighted by atomic mass is 127. The fraction of sp³-hybridized carbons (Fsp3) is 0.789. The van der Waals surface area contributed by atoms with Gasteiger partial charge in [0.15, 0.2) is 5.96 Å². The number of guanidine groups is 1. The monoisotopic (exact) mass is 507 g/mol. The first-order valence-corrected chi connectivity index (χ1v) is 9.95. The molecule has 9 heteroatoms. The largest absolute Gasteiger partial charge is 0.381 e. The lowest BCUT2D eigenvalue weighted by atomic mass is 9.94. The fourth-order valence-electron chi connectivity index (χ4n) is 3.65. The molecule has 28 heavy (non-hydrogen) atoms. The number of aromatic nitrogens is 1. The zero-order valence-corrected chi connectivity index (χ0v) is 19.6. The lowest BCUT2D eigenvalue weighted by Crippen LogP contribution is -2.52. The molecule has 1 aromatic heterocycles.